The second kappa shape index (κ2) is 7.48. The molecule has 34 heavy (non-hydrogen) atoms. The lowest BCUT2D eigenvalue weighted by Gasteiger charge is -2.18. The number of rotatable bonds is 2. The molecule has 0 unspecified atom stereocenters. The fourth-order valence-corrected chi connectivity index (χ4v) is 5.41. The van der Waals surface area contributed by atoms with Crippen molar-refractivity contribution in [3.63, 3.8) is 0 Å². The molecule has 0 spiro atoms. The van der Waals surface area contributed by atoms with Crippen LogP contribution >= 0.6 is 11.6 Å². The molecule has 6 aromatic carbocycles. The number of hydrogen-bond donors (Lipinski definition) is 0. The fraction of sp³-hybridized carbons (Fsp3) is 0. The summed E-state index contributed by atoms with van der Waals surface area (Å²) in [7, 11) is 0. The highest BCUT2D eigenvalue weighted by Gasteiger charge is 2.21. The summed E-state index contributed by atoms with van der Waals surface area (Å²) in [4.78, 5) is 0. The molecule has 7 rings (SSSR count). The molecule has 1 aromatic heterocycles. The minimum Gasteiger partial charge on any atom is -0.455 e. The van der Waals surface area contributed by atoms with E-state index in [-0.39, 0.29) is 0 Å². The van der Waals surface area contributed by atoms with Crippen molar-refractivity contribution in [1.29, 1.82) is 0 Å². The van der Waals surface area contributed by atoms with Crippen molar-refractivity contribution < 1.29 is 4.42 Å². The van der Waals surface area contributed by atoms with Gasteiger partial charge in [-0.3, -0.25) is 0 Å². The number of fused-ring (bicyclic) bond motifs is 6. The normalized spacial score (nSPS) is 11.7. The van der Waals surface area contributed by atoms with Crippen LogP contribution in [0.25, 0.3) is 65.7 Å². The van der Waals surface area contributed by atoms with Gasteiger partial charge >= 0.3 is 0 Å². The topological polar surface area (TPSA) is 13.1 Å². The molecule has 0 amide bonds. The van der Waals surface area contributed by atoms with Gasteiger partial charge in [0.05, 0.1) is 0 Å². The van der Waals surface area contributed by atoms with Gasteiger partial charge in [-0.15, -0.1) is 0 Å². The molecular weight excluding hydrogens is 436 g/mol. The lowest BCUT2D eigenvalue weighted by Crippen LogP contribution is -1.92. The predicted octanol–water partition coefficient (Wildman–Crippen LogP) is 9.88. The van der Waals surface area contributed by atoms with Gasteiger partial charge in [-0.25, -0.2) is 0 Å². The third-order valence-corrected chi connectivity index (χ3v) is 6.99. The lowest BCUT2D eigenvalue weighted by atomic mass is 9.84. The van der Waals surface area contributed by atoms with Crippen molar-refractivity contribution in [2.75, 3.05) is 0 Å². The SMILES string of the molecule is Clc1ccc(-c2c(-c3cccc4c3oc3ccccc34)c3ccccc3c3ccccc23)cc1. The van der Waals surface area contributed by atoms with Gasteiger partial charge in [-0.05, 0) is 50.9 Å². The summed E-state index contributed by atoms with van der Waals surface area (Å²) in [6.07, 6.45) is 0. The van der Waals surface area contributed by atoms with E-state index in [9.17, 15) is 0 Å². The van der Waals surface area contributed by atoms with Crippen LogP contribution < -0.4 is 0 Å². The first-order valence-corrected chi connectivity index (χ1v) is 11.8. The molecule has 0 saturated heterocycles. The van der Waals surface area contributed by atoms with Crippen molar-refractivity contribution in [3.8, 4) is 22.3 Å². The summed E-state index contributed by atoms with van der Waals surface area (Å²) in [6, 6.07) is 40.2. The van der Waals surface area contributed by atoms with Gasteiger partial charge in [0.1, 0.15) is 11.2 Å². The molecule has 160 valence electrons. The van der Waals surface area contributed by atoms with E-state index < -0.39 is 0 Å². The highest BCUT2D eigenvalue weighted by atomic mass is 35.5. The van der Waals surface area contributed by atoms with E-state index in [2.05, 4.69) is 91.0 Å². The zero-order valence-corrected chi connectivity index (χ0v) is 19.0. The maximum atomic E-state index is 6.49. The molecule has 0 aliphatic rings. The first-order valence-electron chi connectivity index (χ1n) is 11.4. The Kier molecular flexibility index (Phi) is 4.27. The second-order valence-corrected chi connectivity index (χ2v) is 9.06. The van der Waals surface area contributed by atoms with Crippen molar-refractivity contribution in [3.05, 3.63) is 120 Å². The Morgan fingerprint density at radius 2 is 1.00 bits per heavy atom. The van der Waals surface area contributed by atoms with Gasteiger partial charge in [0.15, 0.2) is 0 Å². The average molecular weight is 455 g/mol. The van der Waals surface area contributed by atoms with Crippen LogP contribution in [0.15, 0.2) is 120 Å². The summed E-state index contributed by atoms with van der Waals surface area (Å²) >= 11 is 6.28. The summed E-state index contributed by atoms with van der Waals surface area (Å²) < 4.78 is 6.49. The van der Waals surface area contributed by atoms with Crippen molar-refractivity contribution in [2.45, 2.75) is 0 Å². The Labute approximate surface area is 201 Å². The van der Waals surface area contributed by atoms with E-state index in [4.69, 9.17) is 16.0 Å². The van der Waals surface area contributed by atoms with Gasteiger partial charge in [0.2, 0.25) is 0 Å². The van der Waals surface area contributed by atoms with Crippen LogP contribution in [0.4, 0.5) is 0 Å². The Morgan fingerprint density at radius 3 is 1.71 bits per heavy atom. The Balaban J connectivity index is 1.72. The molecule has 2 heteroatoms. The quantitative estimate of drug-likeness (QED) is 0.237. The minimum absolute atomic E-state index is 0.731. The number of furan rings is 1. The van der Waals surface area contributed by atoms with Gasteiger partial charge in [-0.1, -0.05) is 109 Å². The molecule has 0 N–H and O–H groups in total. The third-order valence-electron chi connectivity index (χ3n) is 6.74. The van der Waals surface area contributed by atoms with Crippen LogP contribution in [0.5, 0.6) is 0 Å². The second-order valence-electron chi connectivity index (χ2n) is 8.63. The van der Waals surface area contributed by atoms with E-state index in [0.717, 1.165) is 38.1 Å². The summed E-state index contributed by atoms with van der Waals surface area (Å²) in [5, 5.41) is 7.90. The van der Waals surface area contributed by atoms with Crippen LogP contribution in [-0.4, -0.2) is 0 Å². The van der Waals surface area contributed by atoms with Crippen LogP contribution in [0.3, 0.4) is 0 Å². The zero-order chi connectivity index (χ0) is 22.6. The summed E-state index contributed by atoms with van der Waals surface area (Å²) in [5.74, 6) is 0. The van der Waals surface area contributed by atoms with Crippen LogP contribution in [0.1, 0.15) is 0 Å². The van der Waals surface area contributed by atoms with Crippen LogP contribution in [0, 0.1) is 0 Å². The molecule has 0 bridgehead atoms. The maximum absolute atomic E-state index is 6.49. The third kappa shape index (κ3) is 2.81. The maximum Gasteiger partial charge on any atom is 0.143 e. The van der Waals surface area contributed by atoms with Crippen molar-refractivity contribution >= 4 is 55.1 Å². The summed E-state index contributed by atoms with van der Waals surface area (Å²) in [5.41, 5.74) is 6.43. The molecule has 0 saturated carbocycles. The van der Waals surface area contributed by atoms with Gasteiger partial charge in [0.25, 0.3) is 0 Å². The van der Waals surface area contributed by atoms with Gasteiger partial charge in [0, 0.05) is 26.9 Å². The molecule has 0 atom stereocenters. The fourth-order valence-electron chi connectivity index (χ4n) is 5.28. The molecule has 0 fully saturated rings. The first kappa shape index (κ1) is 19.4. The minimum atomic E-state index is 0.731. The lowest BCUT2D eigenvalue weighted by molar-refractivity contribution is 0.670. The molecule has 0 radical (unpaired) electrons. The van der Waals surface area contributed by atoms with Gasteiger partial charge in [-0.2, -0.15) is 0 Å². The zero-order valence-electron chi connectivity index (χ0n) is 18.3. The standard InChI is InChI=1S/C32H19ClO/c33-21-18-16-20(17-19-21)30-25-11-3-1-8-22(25)23-9-2-4-12-26(23)31(30)28-14-7-13-27-24-10-5-6-15-29(24)34-32(27)28/h1-19H. The first-order chi connectivity index (χ1) is 16.8. The van der Waals surface area contributed by atoms with E-state index >= 15 is 0 Å². The molecule has 0 aliphatic carbocycles. The highest BCUT2D eigenvalue weighted by Crippen LogP contribution is 2.47. The van der Waals surface area contributed by atoms with Crippen molar-refractivity contribution in [1.82, 2.24) is 0 Å². The number of benzene rings is 6. The van der Waals surface area contributed by atoms with E-state index in [1.807, 2.05) is 24.3 Å². The molecule has 0 aliphatic heterocycles. The molecule has 1 heterocycles. The van der Waals surface area contributed by atoms with E-state index in [1.54, 1.807) is 0 Å². The van der Waals surface area contributed by atoms with Gasteiger partial charge < -0.3 is 4.42 Å². The number of halogens is 1. The van der Waals surface area contributed by atoms with E-state index in [1.165, 1.54) is 32.7 Å². The van der Waals surface area contributed by atoms with Crippen molar-refractivity contribution in [2.24, 2.45) is 0 Å². The summed E-state index contributed by atoms with van der Waals surface area (Å²) in [6.45, 7) is 0. The Hall–Kier alpha value is -4.07. The monoisotopic (exact) mass is 454 g/mol. The van der Waals surface area contributed by atoms with Crippen LogP contribution in [0.2, 0.25) is 5.02 Å². The largest absolute Gasteiger partial charge is 0.455 e. The van der Waals surface area contributed by atoms with Crippen LogP contribution in [-0.2, 0) is 0 Å². The molecular formula is C32H19ClO. The van der Waals surface area contributed by atoms with E-state index in [0.29, 0.717) is 0 Å². The Morgan fingerprint density at radius 1 is 0.441 bits per heavy atom. The molecule has 1 nitrogen and oxygen atoms in total. The molecule has 7 aromatic rings. The highest BCUT2D eigenvalue weighted by molar-refractivity contribution is 6.30. The predicted molar refractivity (Wildman–Crippen MR) is 145 cm³/mol. The number of para-hydroxylation sites is 2. The Bertz CT molecular complexity index is 1860. The number of hydrogen-bond acceptors (Lipinski definition) is 1. The average Bonchev–Trinajstić information content (AvgIpc) is 3.28. The smallest absolute Gasteiger partial charge is 0.143 e.